The van der Waals surface area contributed by atoms with Crippen LogP contribution in [0.2, 0.25) is 0 Å². The highest BCUT2D eigenvalue weighted by molar-refractivity contribution is 7.98. The van der Waals surface area contributed by atoms with Gasteiger partial charge in [-0.05, 0) is 49.3 Å². The van der Waals surface area contributed by atoms with E-state index in [0.29, 0.717) is 12.0 Å². The van der Waals surface area contributed by atoms with Crippen LogP contribution >= 0.6 is 11.8 Å². The van der Waals surface area contributed by atoms with Gasteiger partial charge in [0, 0.05) is 10.6 Å². The first-order valence-electron chi connectivity index (χ1n) is 8.01. The first-order valence-corrected chi connectivity index (χ1v) is 9.23. The molecule has 0 aliphatic heterocycles. The molecule has 1 aliphatic rings. The second kappa shape index (κ2) is 7.14. The molecule has 1 heterocycles. The van der Waals surface area contributed by atoms with Gasteiger partial charge in [0.05, 0.1) is 11.6 Å². The smallest absolute Gasteiger partial charge is 0.261 e. The van der Waals surface area contributed by atoms with Gasteiger partial charge in [0.1, 0.15) is 5.56 Å². The van der Waals surface area contributed by atoms with E-state index in [1.807, 2.05) is 24.5 Å². The van der Waals surface area contributed by atoms with Crippen molar-refractivity contribution in [1.29, 1.82) is 0 Å². The minimum Gasteiger partial charge on any atom is -0.365 e. The lowest BCUT2D eigenvalue weighted by molar-refractivity contribution is 0.0929. The molecular weight excluding hydrogens is 338 g/mol. The van der Waals surface area contributed by atoms with Crippen LogP contribution in [0, 0.1) is 0 Å². The fraction of sp³-hybridized carbons (Fsp3) is 0.278. The van der Waals surface area contributed by atoms with E-state index >= 15 is 0 Å². The molecule has 0 bridgehead atoms. The average Bonchev–Trinajstić information content (AvgIpc) is 2.61. The lowest BCUT2D eigenvalue weighted by Gasteiger charge is -2.26. The third-order valence-electron chi connectivity index (χ3n) is 4.37. The van der Waals surface area contributed by atoms with Crippen molar-refractivity contribution in [3.8, 4) is 0 Å². The number of nitrogens with two attached hydrogens (primary N) is 1. The summed E-state index contributed by atoms with van der Waals surface area (Å²) in [6.07, 6.45) is 4.21. The van der Waals surface area contributed by atoms with Crippen LogP contribution in [0.25, 0.3) is 0 Å². The Morgan fingerprint density at radius 2 is 2.04 bits per heavy atom. The number of H-pyrrole nitrogens is 1. The van der Waals surface area contributed by atoms with Crippen molar-refractivity contribution in [3.63, 3.8) is 0 Å². The summed E-state index contributed by atoms with van der Waals surface area (Å²) in [4.78, 5) is 39.7. The molecule has 0 spiro atoms. The fourth-order valence-corrected chi connectivity index (χ4v) is 3.74. The molecule has 1 atom stereocenters. The number of thioether (sulfide) groups is 1. The first-order chi connectivity index (χ1) is 12.0. The largest absolute Gasteiger partial charge is 0.365 e. The van der Waals surface area contributed by atoms with E-state index in [0.717, 1.165) is 29.0 Å². The second-order valence-electron chi connectivity index (χ2n) is 5.93. The maximum Gasteiger partial charge on any atom is 0.261 e. The molecule has 1 unspecified atom stereocenters. The molecular formula is C18H19N3O3S. The lowest BCUT2D eigenvalue weighted by Crippen LogP contribution is -2.34. The lowest BCUT2D eigenvalue weighted by atomic mass is 9.90. The van der Waals surface area contributed by atoms with Gasteiger partial charge in [-0.15, -0.1) is 11.8 Å². The Bertz CT molecular complexity index is 891. The van der Waals surface area contributed by atoms with Gasteiger partial charge in [0.25, 0.3) is 17.4 Å². The van der Waals surface area contributed by atoms with Crippen LogP contribution in [0.1, 0.15) is 50.9 Å². The van der Waals surface area contributed by atoms with Gasteiger partial charge < -0.3 is 16.0 Å². The number of amides is 2. The topological polar surface area (TPSA) is 105 Å². The Morgan fingerprint density at radius 3 is 2.76 bits per heavy atom. The molecule has 0 saturated carbocycles. The molecule has 1 aromatic heterocycles. The molecule has 4 N–H and O–H groups in total. The molecule has 0 fully saturated rings. The number of hydrogen-bond donors (Lipinski definition) is 3. The number of aromatic nitrogens is 1. The molecule has 7 heteroatoms. The van der Waals surface area contributed by atoms with Crippen molar-refractivity contribution in [2.24, 2.45) is 5.73 Å². The minimum atomic E-state index is -0.771. The van der Waals surface area contributed by atoms with E-state index in [4.69, 9.17) is 5.73 Å². The summed E-state index contributed by atoms with van der Waals surface area (Å²) in [5, 5.41) is 3.03. The van der Waals surface area contributed by atoms with E-state index in [-0.39, 0.29) is 17.5 Å². The van der Waals surface area contributed by atoms with Crippen LogP contribution in [-0.2, 0) is 6.42 Å². The average molecular weight is 357 g/mol. The number of carbonyl (C=O) groups excluding carboxylic acids is 2. The Labute approximate surface area is 149 Å². The van der Waals surface area contributed by atoms with Crippen molar-refractivity contribution >= 4 is 23.6 Å². The second-order valence-corrected chi connectivity index (χ2v) is 6.78. The SMILES string of the molecule is CSc1ccccc1C(=O)NC1CCCc2[nH]c(=O)c(C(N)=O)cc21. The standard InChI is InChI=1S/C18H19N3O3S/c1-25-15-8-3-2-5-10(15)17(23)20-13-6-4-7-14-11(13)9-12(16(19)22)18(24)21-14/h2-3,5,8-9,13H,4,6-7H2,1H3,(H2,19,22)(H,20,23)(H,21,24). The number of primary amides is 1. The van der Waals surface area contributed by atoms with E-state index in [9.17, 15) is 14.4 Å². The Morgan fingerprint density at radius 1 is 1.28 bits per heavy atom. The van der Waals surface area contributed by atoms with Crippen LogP contribution in [0.4, 0.5) is 0 Å². The zero-order valence-corrected chi connectivity index (χ0v) is 14.6. The van der Waals surface area contributed by atoms with Gasteiger partial charge in [-0.25, -0.2) is 0 Å². The maximum atomic E-state index is 12.7. The number of benzene rings is 1. The van der Waals surface area contributed by atoms with Gasteiger partial charge in [0.2, 0.25) is 0 Å². The highest BCUT2D eigenvalue weighted by Crippen LogP contribution is 2.29. The highest BCUT2D eigenvalue weighted by atomic mass is 32.2. The van der Waals surface area contributed by atoms with Crippen molar-refractivity contribution in [1.82, 2.24) is 10.3 Å². The third kappa shape index (κ3) is 3.46. The van der Waals surface area contributed by atoms with Crippen LogP contribution in [-0.4, -0.2) is 23.1 Å². The number of rotatable bonds is 4. The Hall–Kier alpha value is -2.54. The van der Waals surface area contributed by atoms with Crippen molar-refractivity contribution < 1.29 is 9.59 Å². The number of fused-ring (bicyclic) bond motifs is 1. The Balaban J connectivity index is 1.93. The minimum absolute atomic E-state index is 0.0792. The monoisotopic (exact) mass is 357 g/mol. The molecule has 3 rings (SSSR count). The summed E-state index contributed by atoms with van der Waals surface area (Å²) in [7, 11) is 0. The molecule has 1 aromatic carbocycles. The van der Waals surface area contributed by atoms with Crippen LogP contribution in [0.3, 0.4) is 0 Å². The predicted octanol–water partition coefficient (Wildman–Crippen LogP) is 2.00. The zero-order valence-electron chi connectivity index (χ0n) is 13.8. The van der Waals surface area contributed by atoms with E-state index in [2.05, 4.69) is 10.3 Å². The molecule has 2 amide bonds. The summed E-state index contributed by atoms with van der Waals surface area (Å²) >= 11 is 1.51. The normalized spacial score (nSPS) is 16.1. The number of aryl methyl sites for hydroxylation is 1. The number of aromatic amines is 1. The Kier molecular flexibility index (Phi) is 4.94. The quantitative estimate of drug-likeness (QED) is 0.728. The summed E-state index contributed by atoms with van der Waals surface area (Å²) in [5.74, 6) is -0.943. The molecule has 2 aromatic rings. The number of hydrogen-bond acceptors (Lipinski definition) is 4. The molecule has 25 heavy (non-hydrogen) atoms. The van der Waals surface area contributed by atoms with E-state index in [1.165, 1.54) is 17.8 Å². The fourth-order valence-electron chi connectivity index (χ4n) is 3.14. The summed E-state index contributed by atoms with van der Waals surface area (Å²) < 4.78 is 0. The summed E-state index contributed by atoms with van der Waals surface area (Å²) in [5.41, 5.74) is 6.84. The number of pyridine rings is 1. The van der Waals surface area contributed by atoms with Crippen molar-refractivity contribution in [2.75, 3.05) is 6.26 Å². The van der Waals surface area contributed by atoms with Crippen LogP contribution < -0.4 is 16.6 Å². The van der Waals surface area contributed by atoms with Crippen LogP contribution in [0.15, 0.2) is 40.0 Å². The number of carbonyl (C=O) groups is 2. The number of nitrogens with one attached hydrogen (secondary N) is 2. The molecule has 0 radical (unpaired) electrons. The van der Waals surface area contributed by atoms with Gasteiger partial charge >= 0.3 is 0 Å². The van der Waals surface area contributed by atoms with Crippen molar-refractivity contribution in [2.45, 2.75) is 30.2 Å². The third-order valence-corrected chi connectivity index (χ3v) is 5.17. The van der Waals surface area contributed by atoms with Crippen LogP contribution in [0.5, 0.6) is 0 Å². The van der Waals surface area contributed by atoms with Gasteiger partial charge in [-0.1, -0.05) is 12.1 Å². The first kappa shape index (κ1) is 17.3. The predicted molar refractivity (Wildman–Crippen MR) is 96.9 cm³/mol. The van der Waals surface area contributed by atoms with Gasteiger partial charge in [-0.3, -0.25) is 14.4 Å². The van der Waals surface area contributed by atoms with E-state index < -0.39 is 11.5 Å². The molecule has 0 saturated heterocycles. The molecule has 1 aliphatic carbocycles. The van der Waals surface area contributed by atoms with Crippen molar-refractivity contribution in [3.05, 3.63) is 63.1 Å². The molecule has 6 nitrogen and oxygen atoms in total. The van der Waals surface area contributed by atoms with E-state index in [1.54, 1.807) is 6.07 Å². The van der Waals surface area contributed by atoms with Gasteiger partial charge in [-0.2, -0.15) is 0 Å². The highest BCUT2D eigenvalue weighted by Gasteiger charge is 2.25. The zero-order chi connectivity index (χ0) is 18.0. The molecule has 130 valence electrons. The van der Waals surface area contributed by atoms with Gasteiger partial charge in [0.15, 0.2) is 0 Å². The maximum absolute atomic E-state index is 12.7. The summed E-state index contributed by atoms with van der Waals surface area (Å²) in [6, 6.07) is 8.65. The summed E-state index contributed by atoms with van der Waals surface area (Å²) in [6.45, 7) is 0.